The Kier molecular flexibility index (Phi) is 5.64. The third-order valence-corrected chi connectivity index (χ3v) is 3.52. The van der Waals surface area contributed by atoms with Gasteiger partial charge in [0.05, 0.1) is 0 Å². The summed E-state index contributed by atoms with van der Waals surface area (Å²) >= 11 is -0.237. The molecule has 0 aliphatic heterocycles. The highest BCUT2D eigenvalue weighted by atomic mass is 32.2. The van der Waals surface area contributed by atoms with Crippen molar-refractivity contribution < 1.29 is 22.4 Å². The van der Waals surface area contributed by atoms with Crippen LogP contribution in [0.5, 0.6) is 0 Å². The summed E-state index contributed by atoms with van der Waals surface area (Å²) in [6, 6.07) is 5.03. The predicted octanol–water partition coefficient (Wildman–Crippen LogP) is 4.28. The summed E-state index contributed by atoms with van der Waals surface area (Å²) in [4.78, 5) is 12.0. The summed E-state index contributed by atoms with van der Waals surface area (Å²) in [5.74, 6) is -0.0988. The number of halogens is 3. The number of aromatic nitrogens is 2. The van der Waals surface area contributed by atoms with E-state index >= 15 is 0 Å². The molecule has 23 heavy (non-hydrogen) atoms. The quantitative estimate of drug-likeness (QED) is 0.792. The maximum atomic E-state index is 12.2. The monoisotopic (exact) mass is 345 g/mol. The Morgan fingerprint density at radius 1 is 1.26 bits per heavy atom. The molecular formula is C14H14F3N3O2S. The Morgan fingerprint density at radius 2 is 1.96 bits per heavy atom. The molecule has 1 aromatic carbocycles. The van der Waals surface area contributed by atoms with Gasteiger partial charge in [0.25, 0.3) is 5.91 Å². The van der Waals surface area contributed by atoms with Gasteiger partial charge in [-0.15, -0.1) is 5.10 Å². The van der Waals surface area contributed by atoms with Gasteiger partial charge in [-0.1, -0.05) is 18.4 Å². The number of carbonyl (C=O) groups is 1. The molecule has 0 saturated carbocycles. The summed E-state index contributed by atoms with van der Waals surface area (Å²) in [6.07, 6.45) is 2.50. The van der Waals surface area contributed by atoms with Crippen LogP contribution < -0.4 is 5.32 Å². The second-order valence-corrected chi connectivity index (χ2v) is 5.77. The van der Waals surface area contributed by atoms with Crippen LogP contribution in [0.2, 0.25) is 0 Å². The van der Waals surface area contributed by atoms with Gasteiger partial charge in [0.2, 0.25) is 5.89 Å². The maximum absolute atomic E-state index is 12.2. The molecule has 1 amide bonds. The molecule has 1 N–H and O–H groups in total. The highest BCUT2D eigenvalue weighted by molar-refractivity contribution is 8.00. The Morgan fingerprint density at radius 3 is 2.57 bits per heavy atom. The largest absolute Gasteiger partial charge is 0.446 e. The normalized spacial score (nSPS) is 11.5. The zero-order valence-electron chi connectivity index (χ0n) is 12.2. The second kappa shape index (κ2) is 7.49. The van der Waals surface area contributed by atoms with Crippen LogP contribution in [-0.4, -0.2) is 21.6 Å². The van der Waals surface area contributed by atoms with E-state index in [0.717, 1.165) is 12.8 Å². The van der Waals surface area contributed by atoms with Crippen molar-refractivity contribution in [1.29, 1.82) is 0 Å². The van der Waals surface area contributed by atoms with Crippen LogP contribution in [0.3, 0.4) is 0 Å². The van der Waals surface area contributed by atoms with Crippen LogP contribution in [0.25, 0.3) is 0 Å². The molecular weight excluding hydrogens is 331 g/mol. The zero-order chi connectivity index (χ0) is 16.9. The van der Waals surface area contributed by atoms with Crippen molar-refractivity contribution in [3.8, 4) is 0 Å². The van der Waals surface area contributed by atoms with Gasteiger partial charge >= 0.3 is 11.5 Å². The number of anilines is 1. The van der Waals surface area contributed by atoms with Gasteiger partial charge in [0, 0.05) is 16.9 Å². The van der Waals surface area contributed by atoms with Crippen molar-refractivity contribution in [2.75, 3.05) is 5.32 Å². The van der Waals surface area contributed by atoms with Crippen molar-refractivity contribution in [2.45, 2.75) is 36.6 Å². The number of hydrogen-bond acceptors (Lipinski definition) is 5. The topological polar surface area (TPSA) is 68.0 Å². The lowest BCUT2D eigenvalue weighted by atomic mass is 10.2. The van der Waals surface area contributed by atoms with E-state index in [1.807, 2.05) is 6.92 Å². The highest BCUT2D eigenvalue weighted by Gasteiger charge is 2.29. The first kappa shape index (κ1) is 17.3. The van der Waals surface area contributed by atoms with Crippen molar-refractivity contribution in [2.24, 2.45) is 0 Å². The zero-order valence-corrected chi connectivity index (χ0v) is 13.0. The van der Waals surface area contributed by atoms with E-state index in [2.05, 4.69) is 15.5 Å². The van der Waals surface area contributed by atoms with Crippen LogP contribution in [0, 0.1) is 0 Å². The standard InChI is InChI=1S/C14H14F3N3O2S/c1-2-3-4-11-19-20-13(22-11)18-12(21)9-5-7-10(8-6-9)23-14(15,16)17/h5-8H,2-4H2,1H3,(H,18,20,21). The molecule has 124 valence electrons. The number of nitrogens with one attached hydrogen (secondary N) is 1. The van der Waals surface area contributed by atoms with Gasteiger partial charge in [-0.25, -0.2) is 0 Å². The minimum atomic E-state index is -4.36. The second-order valence-electron chi connectivity index (χ2n) is 4.63. The third kappa shape index (κ3) is 5.59. The highest BCUT2D eigenvalue weighted by Crippen LogP contribution is 2.36. The van der Waals surface area contributed by atoms with Crippen molar-refractivity contribution in [3.05, 3.63) is 35.7 Å². The summed E-state index contributed by atoms with van der Waals surface area (Å²) < 4.78 is 42.0. The number of hydrogen-bond donors (Lipinski definition) is 1. The lowest BCUT2D eigenvalue weighted by molar-refractivity contribution is -0.0328. The summed E-state index contributed by atoms with van der Waals surface area (Å²) in [7, 11) is 0. The maximum Gasteiger partial charge on any atom is 0.446 e. The number of alkyl halides is 3. The molecule has 2 rings (SSSR count). The first-order valence-corrected chi connectivity index (χ1v) is 7.68. The molecule has 0 atom stereocenters. The number of unbranched alkanes of at least 4 members (excludes halogenated alkanes) is 1. The van der Waals surface area contributed by atoms with E-state index in [9.17, 15) is 18.0 Å². The molecule has 2 aromatic rings. The number of nitrogens with zero attached hydrogens (tertiary/aromatic N) is 2. The van der Waals surface area contributed by atoms with Gasteiger partial charge in [-0.2, -0.15) is 13.2 Å². The van der Waals surface area contributed by atoms with Gasteiger partial charge in [0.1, 0.15) is 0 Å². The van der Waals surface area contributed by atoms with Crippen LogP contribution in [0.4, 0.5) is 19.2 Å². The van der Waals surface area contributed by atoms with Crippen LogP contribution >= 0.6 is 11.8 Å². The minimum absolute atomic E-state index is 0.00805. The first-order chi connectivity index (χ1) is 10.9. The summed E-state index contributed by atoms with van der Waals surface area (Å²) in [5.41, 5.74) is -4.16. The van der Waals surface area contributed by atoms with Gasteiger partial charge < -0.3 is 4.42 Å². The minimum Gasteiger partial charge on any atom is -0.408 e. The van der Waals surface area contributed by atoms with E-state index in [1.165, 1.54) is 24.3 Å². The molecule has 0 aliphatic rings. The number of carbonyl (C=O) groups excluding carboxylic acids is 1. The molecule has 0 radical (unpaired) electrons. The Balaban J connectivity index is 1.96. The SMILES string of the molecule is CCCCc1nnc(NC(=O)c2ccc(SC(F)(F)F)cc2)o1. The first-order valence-electron chi connectivity index (χ1n) is 6.87. The number of benzene rings is 1. The predicted molar refractivity (Wildman–Crippen MR) is 79.2 cm³/mol. The molecule has 0 fully saturated rings. The lowest BCUT2D eigenvalue weighted by Gasteiger charge is -2.06. The molecule has 9 heteroatoms. The Bertz CT molecular complexity index is 656. The number of rotatable bonds is 6. The lowest BCUT2D eigenvalue weighted by Crippen LogP contribution is -2.12. The number of aryl methyl sites for hydroxylation is 1. The molecule has 5 nitrogen and oxygen atoms in total. The van der Waals surface area contributed by atoms with E-state index in [1.54, 1.807) is 0 Å². The smallest absolute Gasteiger partial charge is 0.408 e. The Labute approximate surface area is 134 Å². The van der Waals surface area contributed by atoms with Gasteiger partial charge in [-0.05, 0) is 42.4 Å². The fourth-order valence-corrected chi connectivity index (χ4v) is 2.25. The molecule has 0 unspecified atom stereocenters. The molecule has 0 saturated heterocycles. The average molecular weight is 345 g/mol. The van der Waals surface area contributed by atoms with Crippen molar-refractivity contribution in [3.63, 3.8) is 0 Å². The number of amides is 1. The van der Waals surface area contributed by atoms with Crippen molar-refractivity contribution >= 4 is 23.7 Å². The van der Waals surface area contributed by atoms with Gasteiger partial charge in [0.15, 0.2) is 0 Å². The van der Waals surface area contributed by atoms with Crippen LogP contribution in [-0.2, 0) is 6.42 Å². The van der Waals surface area contributed by atoms with E-state index in [4.69, 9.17) is 4.42 Å². The molecule has 1 aromatic heterocycles. The summed E-state index contributed by atoms with van der Waals surface area (Å²) in [6.45, 7) is 2.03. The average Bonchev–Trinajstić information content (AvgIpc) is 2.91. The fraction of sp³-hybridized carbons (Fsp3) is 0.357. The molecule has 0 spiro atoms. The summed E-state index contributed by atoms with van der Waals surface area (Å²) in [5, 5.41) is 9.91. The molecule has 1 heterocycles. The molecule has 0 bridgehead atoms. The van der Waals surface area contributed by atoms with Crippen LogP contribution in [0.1, 0.15) is 36.0 Å². The fourth-order valence-electron chi connectivity index (χ4n) is 1.71. The van der Waals surface area contributed by atoms with E-state index in [-0.39, 0.29) is 28.2 Å². The van der Waals surface area contributed by atoms with Crippen molar-refractivity contribution in [1.82, 2.24) is 10.2 Å². The van der Waals surface area contributed by atoms with E-state index in [0.29, 0.717) is 12.3 Å². The number of thioether (sulfide) groups is 1. The molecule has 0 aliphatic carbocycles. The Hall–Kier alpha value is -2.03. The van der Waals surface area contributed by atoms with E-state index < -0.39 is 11.4 Å². The van der Waals surface area contributed by atoms with Gasteiger partial charge in [-0.3, -0.25) is 10.1 Å². The van der Waals surface area contributed by atoms with Crippen LogP contribution in [0.15, 0.2) is 33.6 Å². The third-order valence-electron chi connectivity index (χ3n) is 2.78.